The van der Waals surface area contributed by atoms with Gasteiger partial charge in [0.05, 0.1) is 6.61 Å². The van der Waals surface area contributed by atoms with Crippen molar-refractivity contribution in [3.05, 3.63) is 30.3 Å². The minimum absolute atomic E-state index is 0.323. The molecular weight excluding hydrogens is 611 g/mol. The Bertz CT molecular complexity index is 1180. The Balaban J connectivity index is 1.10. The SMILES string of the molecule is CP(=O)(O[C@@H]1[C@H]2OC(C3CCCCC3)(C3CCCCC3)O[C@H]2O[C@@H]1[C@H]1COC(C2CCCCC2)(C2CCCCC2)O1)c1ccccc1. The summed E-state index contributed by atoms with van der Waals surface area (Å²) in [6.45, 7) is 2.21. The van der Waals surface area contributed by atoms with E-state index in [1.54, 1.807) is 6.66 Å². The van der Waals surface area contributed by atoms with E-state index in [-0.39, 0.29) is 6.10 Å². The lowest BCUT2D eigenvalue weighted by Crippen LogP contribution is -2.52. The van der Waals surface area contributed by atoms with Gasteiger partial charge in [0.2, 0.25) is 7.37 Å². The van der Waals surface area contributed by atoms with Gasteiger partial charge in [-0.1, -0.05) is 95.2 Å². The summed E-state index contributed by atoms with van der Waals surface area (Å²) in [5.74, 6) is 0.294. The highest BCUT2D eigenvalue weighted by atomic mass is 31.2. The first kappa shape index (κ1) is 33.4. The number of benzene rings is 1. The van der Waals surface area contributed by atoms with E-state index in [1.807, 2.05) is 30.3 Å². The summed E-state index contributed by atoms with van der Waals surface area (Å²) in [6.07, 6.45) is 21.8. The van der Waals surface area contributed by atoms with Crippen LogP contribution in [0.25, 0.3) is 0 Å². The second-order valence-corrected chi connectivity index (χ2v) is 18.6. The molecule has 0 aromatic heterocycles. The molecule has 3 aliphatic heterocycles. The average molecular weight is 671 g/mol. The lowest BCUT2D eigenvalue weighted by molar-refractivity contribution is -0.300. The Hall–Kier alpha value is -0.790. The van der Waals surface area contributed by atoms with Crippen LogP contribution in [0.5, 0.6) is 0 Å². The van der Waals surface area contributed by atoms with Gasteiger partial charge in [0.15, 0.2) is 17.9 Å². The molecule has 6 atom stereocenters. The first-order chi connectivity index (χ1) is 23.0. The average Bonchev–Trinajstić information content (AvgIpc) is 3.84. The van der Waals surface area contributed by atoms with E-state index in [0.717, 1.165) is 51.4 Å². The van der Waals surface area contributed by atoms with Crippen molar-refractivity contribution in [2.45, 2.75) is 171 Å². The van der Waals surface area contributed by atoms with Crippen LogP contribution in [0.2, 0.25) is 0 Å². The minimum Gasteiger partial charge on any atom is -0.347 e. The number of ether oxygens (including phenoxy) is 5. The van der Waals surface area contributed by atoms with Gasteiger partial charge in [-0.25, -0.2) is 0 Å². The Morgan fingerprint density at radius 2 is 1.11 bits per heavy atom. The summed E-state index contributed by atoms with van der Waals surface area (Å²) >= 11 is 0. The Morgan fingerprint density at radius 1 is 0.617 bits per heavy atom. The van der Waals surface area contributed by atoms with Crippen LogP contribution in [0.1, 0.15) is 128 Å². The molecule has 1 aromatic carbocycles. The number of rotatable bonds is 8. The lowest BCUT2D eigenvalue weighted by atomic mass is 9.72. The second-order valence-electron chi connectivity index (χ2n) is 16.2. The number of hydrogen-bond donors (Lipinski definition) is 0. The molecule has 1 unspecified atom stereocenters. The molecule has 4 saturated carbocycles. The van der Waals surface area contributed by atoms with Crippen LogP contribution in [0.3, 0.4) is 0 Å². The Labute approximate surface area is 282 Å². The summed E-state index contributed by atoms with van der Waals surface area (Å²) in [7, 11) is -3.22. The van der Waals surface area contributed by atoms with Crippen LogP contribution in [-0.4, -0.2) is 55.6 Å². The van der Waals surface area contributed by atoms with E-state index in [0.29, 0.717) is 35.6 Å². The lowest BCUT2D eigenvalue weighted by Gasteiger charge is -2.46. The molecule has 3 saturated heterocycles. The maximum absolute atomic E-state index is 14.5. The van der Waals surface area contributed by atoms with Crippen molar-refractivity contribution in [1.29, 1.82) is 0 Å². The van der Waals surface area contributed by atoms with Crippen LogP contribution in [-0.2, 0) is 32.8 Å². The zero-order chi connectivity index (χ0) is 31.9. The molecule has 8 rings (SSSR count). The highest BCUT2D eigenvalue weighted by molar-refractivity contribution is 7.66. The first-order valence-corrected chi connectivity index (χ1v) is 21.7. The third-order valence-electron chi connectivity index (χ3n) is 13.2. The van der Waals surface area contributed by atoms with Gasteiger partial charge in [-0.05, 0) is 63.5 Å². The van der Waals surface area contributed by atoms with E-state index < -0.39 is 43.5 Å². The smallest absolute Gasteiger partial charge is 0.229 e. The first-order valence-electron chi connectivity index (χ1n) is 19.6. The number of hydrogen-bond acceptors (Lipinski definition) is 7. The van der Waals surface area contributed by atoms with E-state index in [4.69, 9.17) is 28.2 Å². The molecule has 0 radical (unpaired) electrons. The van der Waals surface area contributed by atoms with E-state index in [9.17, 15) is 4.57 Å². The predicted octanol–water partition coefficient (Wildman–Crippen LogP) is 8.87. The topological polar surface area (TPSA) is 72.5 Å². The predicted molar refractivity (Wildman–Crippen MR) is 182 cm³/mol. The fourth-order valence-electron chi connectivity index (χ4n) is 10.9. The molecule has 0 bridgehead atoms. The van der Waals surface area contributed by atoms with Crippen molar-refractivity contribution in [1.82, 2.24) is 0 Å². The fourth-order valence-corrected chi connectivity index (χ4v) is 12.4. The van der Waals surface area contributed by atoms with Gasteiger partial charge in [0.25, 0.3) is 0 Å². The molecule has 0 spiro atoms. The van der Waals surface area contributed by atoms with Crippen molar-refractivity contribution in [2.24, 2.45) is 23.7 Å². The monoisotopic (exact) mass is 670 g/mol. The number of fused-ring (bicyclic) bond motifs is 1. The largest absolute Gasteiger partial charge is 0.347 e. The van der Waals surface area contributed by atoms with Crippen LogP contribution < -0.4 is 5.30 Å². The van der Waals surface area contributed by atoms with Gasteiger partial charge in [-0.2, -0.15) is 0 Å². The van der Waals surface area contributed by atoms with Crippen LogP contribution in [0.4, 0.5) is 0 Å². The van der Waals surface area contributed by atoms with Crippen molar-refractivity contribution >= 4 is 12.7 Å². The molecule has 7 nitrogen and oxygen atoms in total. The van der Waals surface area contributed by atoms with Gasteiger partial charge < -0.3 is 28.2 Å². The van der Waals surface area contributed by atoms with Crippen LogP contribution in [0, 0.1) is 23.7 Å². The standard InChI is InChI=1S/C39H59O7P/c1-47(40,32-25-15-6-16-26-32)46-35-34(33-27-41-38(43-33,28-17-7-2-8-18-28)29-19-9-3-10-20-29)42-37-36(35)44-39(45-37,30-21-11-4-12-22-30)31-23-13-5-14-24-31/h6,15-16,25-26,28-31,33-37H,2-5,7-14,17-24,27H2,1H3/t33-,34-,35+,36-,37-,47?/m1/s1. The van der Waals surface area contributed by atoms with Gasteiger partial charge in [-0.15, -0.1) is 0 Å². The molecule has 7 aliphatic rings. The molecule has 3 heterocycles. The maximum Gasteiger partial charge on any atom is 0.229 e. The second kappa shape index (κ2) is 14.1. The summed E-state index contributed by atoms with van der Waals surface area (Å²) in [4.78, 5) is 0. The van der Waals surface area contributed by atoms with Gasteiger partial charge in [-0.3, -0.25) is 4.57 Å². The molecule has 262 valence electrons. The highest BCUT2D eigenvalue weighted by Crippen LogP contribution is 2.57. The molecular formula is C39H59O7P. The molecule has 7 fully saturated rings. The molecule has 0 N–H and O–H groups in total. The Morgan fingerprint density at radius 3 is 1.62 bits per heavy atom. The van der Waals surface area contributed by atoms with Gasteiger partial charge >= 0.3 is 0 Å². The third-order valence-corrected chi connectivity index (χ3v) is 15.1. The fraction of sp³-hybridized carbons (Fsp3) is 0.846. The maximum atomic E-state index is 14.5. The normalized spacial score (nSPS) is 37.1. The molecule has 4 aliphatic carbocycles. The molecule has 8 heteroatoms. The summed E-state index contributed by atoms with van der Waals surface area (Å²) in [6, 6.07) is 9.65. The Kier molecular flexibility index (Phi) is 10.00. The highest BCUT2D eigenvalue weighted by Gasteiger charge is 2.66. The molecule has 1 aromatic rings. The van der Waals surface area contributed by atoms with Gasteiger partial charge in [0, 0.05) is 35.6 Å². The van der Waals surface area contributed by atoms with Crippen LogP contribution >= 0.6 is 7.37 Å². The van der Waals surface area contributed by atoms with Gasteiger partial charge in [0.1, 0.15) is 24.4 Å². The van der Waals surface area contributed by atoms with E-state index in [2.05, 4.69) is 0 Å². The third kappa shape index (κ3) is 6.36. The van der Waals surface area contributed by atoms with Crippen molar-refractivity contribution in [3.8, 4) is 0 Å². The minimum atomic E-state index is -3.22. The van der Waals surface area contributed by atoms with Crippen molar-refractivity contribution in [3.63, 3.8) is 0 Å². The summed E-state index contributed by atoms with van der Waals surface area (Å²) < 4.78 is 57.0. The van der Waals surface area contributed by atoms with Crippen molar-refractivity contribution in [2.75, 3.05) is 13.3 Å². The molecule has 47 heavy (non-hydrogen) atoms. The molecule has 0 amide bonds. The zero-order valence-electron chi connectivity index (χ0n) is 28.7. The van der Waals surface area contributed by atoms with E-state index in [1.165, 1.54) is 77.0 Å². The summed E-state index contributed by atoms with van der Waals surface area (Å²) in [5.41, 5.74) is 0. The van der Waals surface area contributed by atoms with E-state index >= 15 is 0 Å². The van der Waals surface area contributed by atoms with Crippen molar-refractivity contribution < 1.29 is 32.8 Å². The quantitative estimate of drug-likeness (QED) is 0.256. The van der Waals surface area contributed by atoms with Crippen LogP contribution in [0.15, 0.2) is 30.3 Å². The summed E-state index contributed by atoms with van der Waals surface area (Å²) in [5, 5.41) is 0.717. The zero-order valence-corrected chi connectivity index (χ0v) is 29.6.